The SMILES string of the molecule is C=C1[C@@H](OCOC)C[C@H]2[C@@](C)(CC[C@H]3C(C)(C)CCC[C@]23C)[C@@H]1/C=C\OC. The molecule has 27 heavy (non-hydrogen) atoms. The predicted octanol–water partition coefficient (Wildman–Crippen LogP) is 5.96. The minimum absolute atomic E-state index is 0.0649. The van der Waals surface area contributed by atoms with Crippen LogP contribution in [0, 0.1) is 34.0 Å². The quantitative estimate of drug-likeness (QED) is 0.336. The van der Waals surface area contributed by atoms with Crippen molar-refractivity contribution in [3.8, 4) is 0 Å². The highest BCUT2D eigenvalue weighted by molar-refractivity contribution is 5.26. The van der Waals surface area contributed by atoms with E-state index in [1.807, 2.05) is 6.26 Å². The van der Waals surface area contributed by atoms with Crippen molar-refractivity contribution in [1.29, 1.82) is 0 Å². The van der Waals surface area contributed by atoms with Crippen LogP contribution in [0.4, 0.5) is 0 Å². The summed E-state index contributed by atoms with van der Waals surface area (Å²) in [5.41, 5.74) is 2.21. The van der Waals surface area contributed by atoms with Gasteiger partial charge in [-0.1, -0.05) is 40.7 Å². The van der Waals surface area contributed by atoms with Crippen LogP contribution in [0.25, 0.3) is 0 Å². The summed E-state index contributed by atoms with van der Waals surface area (Å²) >= 11 is 0. The lowest BCUT2D eigenvalue weighted by molar-refractivity contribution is -0.174. The molecule has 0 saturated heterocycles. The molecule has 3 fully saturated rings. The highest BCUT2D eigenvalue weighted by Gasteiger charge is 2.62. The van der Waals surface area contributed by atoms with E-state index in [9.17, 15) is 0 Å². The molecule has 6 atom stereocenters. The van der Waals surface area contributed by atoms with Crippen molar-refractivity contribution in [3.63, 3.8) is 0 Å². The van der Waals surface area contributed by atoms with E-state index in [2.05, 4.69) is 40.3 Å². The molecule has 0 aromatic rings. The largest absolute Gasteiger partial charge is 0.505 e. The zero-order valence-corrected chi connectivity index (χ0v) is 18.3. The molecule has 154 valence electrons. The first-order chi connectivity index (χ1) is 12.7. The van der Waals surface area contributed by atoms with Gasteiger partial charge in [0.05, 0.1) is 19.5 Å². The number of fused-ring (bicyclic) bond motifs is 3. The van der Waals surface area contributed by atoms with E-state index in [-0.39, 0.29) is 11.5 Å². The molecule has 0 unspecified atom stereocenters. The Morgan fingerprint density at radius 1 is 1.04 bits per heavy atom. The van der Waals surface area contributed by atoms with Gasteiger partial charge in [-0.25, -0.2) is 0 Å². The van der Waals surface area contributed by atoms with Crippen LogP contribution in [0.3, 0.4) is 0 Å². The van der Waals surface area contributed by atoms with E-state index in [1.54, 1.807) is 14.2 Å². The molecule has 0 aromatic heterocycles. The summed E-state index contributed by atoms with van der Waals surface area (Å²) in [7, 11) is 3.42. The van der Waals surface area contributed by atoms with Crippen LogP contribution in [0.1, 0.15) is 66.2 Å². The molecule has 3 nitrogen and oxygen atoms in total. The van der Waals surface area contributed by atoms with E-state index in [4.69, 9.17) is 14.2 Å². The fourth-order valence-electron chi connectivity index (χ4n) is 7.41. The van der Waals surface area contributed by atoms with Gasteiger partial charge in [0.25, 0.3) is 0 Å². The van der Waals surface area contributed by atoms with Crippen LogP contribution in [0.15, 0.2) is 24.5 Å². The molecule has 0 heterocycles. The molecular formula is C24H40O3. The zero-order valence-electron chi connectivity index (χ0n) is 18.3. The standard InChI is InChI=1S/C24H40O3/c1-17-18(10-14-25-6)23(4)13-9-20-22(2,3)11-8-12-24(20,5)21(23)15-19(17)27-16-26-7/h10,14,18-21H,1,8-9,11-13,15-16H2,2-7H3/b14-10-/t18-,19+,20+,21+,23+,24+/m1/s1. The van der Waals surface area contributed by atoms with Gasteiger partial charge in [0, 0.05) is 13.0 Å². The Labute approximate surface area is 166 Å². The topological polar surface area (TPSA) is 27.7 Å². The summed E-state index contributed by atoms with van der Waals surface area (Å²) in [6.07, 6.45) is 11.8. The second kappa shape index (κ2) is 7.55. The third kappa shape index (κ3) is 3.40. The van der Waals surface area contributed by atoms with Crippen molar-refractivity contribution in [2.45, 2.75) is 72.3 Å². The van der Waals surface area contributed by atoms with Crippen LogP contribution in [0.2, 0.25) is 0 Å². The number of rotatable bonds is 5. The molecule has 0 amide bonds. The summed E-state index contributed by atoms with van der Waals surface area (Å²) < 4.78 is 16.7. The maximum Gasteiger partial charge on any atom is 0.147 e. The summed E-state index contributed by atoms with van der Waals surface area (Å²) in [6.45, 7) is 14.9. The lowest BCUT2D eigenvalue weighted by atomic mass is 9.39. The highest BCUT2D eigenvalue weighted by atomic mass is 16.7. The number of allylic oxidation sites excluding steroid dienone is 1. The summed E-state index contributed by atoms with van der Waals surface area (Å²) in [5.74, 6) is 1.71. The molecule has 0 aromatic carbocycles. The molecule has 3 aliphatic carbocycles. The maximum absolute atomic E-state index is 6.13. The first-order valence-electron chi connectivity index (χ1n) is 10.7. The van der Waals surface area contributed by atoms with Crippen molar-refractivity contribution in [2.75, 3.05) is 21.0 Å². The van der Waals surface area contributed by atoms with E-state index < -0.39 is 0 Å². The molecule has 0 bridgehead atoms. The Bertz CT molecular complexity index is 580. The van der Waals surface area contributed by atoms with E-state index in [1.165, 1.54) is 37.7 Å². The van der Waals surface area contributed by atoms with Crippen molar-refractivity contribution in [1.82, 2.24) is 0 Å². The Balaban J connectivity index is 2.01. The highest BCUT2D eigenvalue weighted by Crippen LogP contribution is 2.69. The zero-order chi connectivity index (χ0) is 19.9. The molecule has 0 spiro atoms. The van der Waals surface area contributed by atoms with Crippen LogP contribution in [-0.4, -0.2) is 27.1 Å². The summed E-state index contributed by atoms with van der Waals surface area (Å²) in [6, 6.07) is 0. The van der Waals surface area contributed by atoms with Gasteiger partial charge in [0.1, 0.15) is 6.79 Å². The van der Waals surface area contributed by atoms with E-state index in [0.29, 0.717) is 29.5 Å². The predicted molar refractivity (Wildman–Crippen MR) is 110 cm³/mol. The number of hydrogen-bond donors (Lipinski definition) is 0. The van der Waals surface area contributed by atoms with Gasteiger partial charge in [0.15, 0.2) is 0 Å². The Morgan fingerprint density at radius 2 is 1.78 bits per heavy atom. The van der Waals surface area contributed by atoms with Gasteiger partial charge >= 0.3 is 0 Å². The third-order valence-electron chi connectivity index (χ3n) is 8.61. The van der Waals surface area contributed by atoms with E-state index in [0.717, 1.165) is 12.3 Å². The Kier molecular flexibility index (Phi) is 5.85. The molecule has 3 rings (SSSR count). The first-order valence-corrected chi connectivity index (χ1v) is 10.7. The number of methoxy groups -OCH3 is 2. The summed E-state index contributed by atoms with van der Waals surface area (Å²) in [5, 5.41) is 0. The van der Waals surface area contributed by atoms with Crippen LogP contribution in [0.5, 0.6) is 0 Å². The minimum Gasteiger partial charge on any atom is -0.505 e. The van der Waals surface area contributed by atoms with Gasteiger partial charge in [-0.3, -0.25) is 0 Å². The molecule has 0 radical (unpaired) electrons. The van der Waals surface area contributed by atoms with Gasteiger partial charge in [-0.2, -0.15) is 0 Å². The molecule has 3 aliphatic rings. The lowest BCUT2D eigenvalue weighted by Crippen LogP contribution is -2.60. The molecule has 3 heteroatoms. The molecular weight excluding hydrogens is 336 g/mol. The normalized spacial score (nSPS) is 44.0. The van der Waals surface area contributed by atoms with Crippen LogP contribution in [-0.2, 0) is 14.2 Å². The lowest BCUT2D eigenvalue weighted by Gasteiger charge is -2.66. The maximum atomic E-state index is 6.13. The Hall–Kier alpha value is -0.800. The minimum atomic E-state index is 0.0649. The monoisotopic (exact) mass is 376 g/mol. The van der Waals surface area contributed by atoms with Crippen LogP contribution >= 0.6 is 0 Å². The van der Waals surface area contributed by atoms with Gasteiger partial charge in [-0.15, -0.1) is 0 Å². The number of hydrogen-bond acceptors (Lipinski definition) is 3. The fraction of sp³-hybridized carbons (Fsp3) is 0.833. The third-order valence-corrected chi connectivity index (χ3v) is 8.61. The van der Waals surface area contributed by atoms with Crippen molar-refractivity contribution in [2.24, 2.45) is 34.0 Å². The molecule has 0 N–H and O–H groups in total. The average molecular weight is 377 g/mol. The number of ether oxygens (including phenoxy) is 3. The van der Waals surface area contributed by atoms with E-state index >= 15 is 0 Å². The van der Waals surface area contributed by atoms with Crippen molar-refractivity contribution < 1.29 is 14.2 Å². The van der Waals surface area contributed by atoms with Gasteiger partial charge < -0.3 is 14.2 Å². The second-order valence-corrected chi connectivity index (χ2v) is 10.4. The first kappa shape index (κ1) is 20.9. The van der Waals surface area contributed by atoms with Crippen molar-refractivity contribution >= 4 is 0 Å². The summed E-state index contributed by atoms with van der Waals surface area (Å²) in [4.78, 5) is 0. The molecule has 0 aliphatic heterocycles. The van der Waals surface area contributed by atoms with Gasteiger partial charge in [-0.05, 0) is 71.8 Å². The molecule has 3 saturated carbocycles. The smallest absolute Gasteiger partial charge is 0.147 e. The Morgan fingerprint density at radius 3 is 2.44 bits per heavy atom. The second-order valence-electron chi connectivity index (χ2n) is 10.4. The fourth-order valence-corrected chi connectivity index (χ4v) is 7.41. The van der Waals surface area contributed by atoms with Gasteiger partial charge in [0.2, 0.25) is 0 Å². The van der Waals surface area contributed by atoms with Crippen LogP contribution < -0.4 is 0 Å². The van der Waals surface area contributed by atoms with Crippen molar-refractivity contribution in [3.05, 3.63) is 24.5 Å². The average Bonchev–Trinajstić information content (AvgIpc) is 2.59.